The first-order chi connectivity index (χ1) is 10.9. The number of piperidine rings is 1. The first kappa shape index (κ1) is 17.0. The lowest BCUT2D eigenvalue weighted by molar-refractivity contribution is 0.227. The Labute approximate surface area is 145 Å². The Bertz CT molecular complexity index is 779. The topological polar surface area (TPSA) is 76.3 Å². The van der Waals surface area contributed by atoms with Gasteiger partial charge in [0.25, 0.3) is 10.0 Å². The van der Waals surface area contributed by atoms with Crippen molar-refractivity contribution in [1.29, 1.82) is 0 Å². The Balaban J connectivity index is 1.92. The number of rotatable bonds is 4. The molecule has 3 heterocycles. The van der Waals surface area contributed by atoms with Crippen LogP contribution in [0.25, 0.3) is 10.6 Å². The lowest BCUT2D eigenvalue weighted by atomic mass is 10.00. The number of thiazole rings is 1. The van der Waals surface area contributed by atoms with Gasteiger partial charge in [-0.3, -0.25) is 0 Å². The third-order valence-electron chi connectivity index (χ3n) is 4.12. The van der Waals surface area contributed by atoms with Crippen molar-refractivity contribution in [3.05, 3.63) is 22.5 Å². The van der Waals surface area contributed by atoms with E-state index in [1.165, 1.54) is 11.3 Å². The summed E-state index contributed by atoms with van der Waals surface area (Å²) in [6, 6.07) is 3.26. The van der Waals surface area contributed by atoms with Crippen LogP contribution >= 0.6 is 22.7 Å². The number of hydrogen-bond acceptors (Lipinski definition) is 6. The molecule has 1 saturated heterocycles. The highest BCUT2D eigenvalue weighted by Gasteiger charge is 2.36. The Hall–Kier alpha value is -0.800. The molecular formula is C15H21N3O2S3. The van der Waals surface area contributed by atoms with E-state index in [1.54, 1.807) is 21.7 Å². The first-order valence-electron chi connectivity index (χ1n) is 7.69. The highest BCUT2D eigenvalue weighted by Crippen LogP contribution is 2.35. The molecule has 0 amide bonds. The molecule has 1 aliphatic heterocycles. The zero-order chi connectivity index (χ0) is 16.6. The van der Waals surface area contributed by atoms with Crippen LogP contribution in [-0.2, 0) is 10.0 Å². The average molecular weight is 372 g/mol. The second kappa shape index (κ2) is 6.60. The van der Waals surface area contributed by atoms with Crippen molar-refractivity contribution in [2.45, 2.75) is 49.4 Å². The lowest BCUT2D eigenvalue weighted by Gasteiger charge is -2.36. The Morgan fingerprint density at radius 2 is 2.17 bits per heavy atom. The SMILES string of the molecule is Cc1nc(-c2ccc(S(=O)(=O)N3CCCCC3C(C)N)s2)cs1. The number of nitrogens with two attached hydrogens (primary N) is 1. The monoisotopic (exact) mass is 371 g/mol. The molecule has 2 unspecified atom stereocenters. The molecule has 23 heavy (non-hydrogen) atoms. The summed E-state index contributed by atoms with van der Waals surface area (Å²) in [6.45, 7) is 4.38. The fraction of sp³-hybridized carbons (Fsp3) is 0.533. The minimum Gasteiger partial charge on any atom is -0.326 e. The van der Waals surface area contributed by atoms with Crippen LogP contribution in [0, 0.1) is 6.92 Å². The minimum atomic E-state index is -3.49. The van der Waals surface area contributed by atoms with Gasteiger partial charge in [0.15, 0.2) is 0 Å². The van der Waals surface area contributed by atoms with Gasteiger partial charge in [-0.05, 0) is 38.8 Å². The Kier molecular flexibility index (Phi) is 4.89. The zero-order valence-electron chi connectivity index (χ0n) is 13.2. The van der Waals surface area contributed by atoms with E-state index in [1.807, 2.05) is 25.3 Å². The van der Waals surface area contributed by atoms with Gasteiger partial charge in [-0.1, -0.05) is 6.42 Å². The summed E-state index contributed by atoms with van der Waals surface area (Å²) in [5, 5.41) is 2.94. The fourth-order valence-corrected chi connectivity index (χ4v) is 6.80. The van der Waals surface area contributed by atoms with E-state index in [4.69, 9.17) is 5.73 Å². The van der Waals surface area contributed by atoms with E-state index in [-0.39, 0.29) is 12.1 Å². The zero-order valence-corrected chi connectivity index (χ0v) is 15.7. The molecule has 2 aromatic heterocycles. The summed E-state index contributed by atoms with van der Waals surface area (Å²) in [4.78, 5) is 5.32. The second-order valence-electron chi connectivity index (χ2n) is 5.91. The average Bonchev–Trinajstić information content (AvgIpc) is 3.16. The van der Waals surface area contributed by atoms with E-state index in [9.17, 15) is 8.42 Å². The number of nitrogens with zero attached hydrogens (tertiary/aromatic N) is 2. The summed E-state index contributed by atoms with van der Waals surface area (Å²) in [7, 11) is -3.49. The summed E-state index contributed by atoms with van der Waals surface area (Å²) in [5.41, 5.74) is 6.87. The van der Waals surface area contributed by atoms with E-state index in [2.05, 4.69) is 4.98 Å². The third kappa shape index (κ3) is 3.36. The molecule has 0 aromatic carbocycles. The number of sulfonamides is 1. The van der Waals surface area contributed by atoms with E-state index in [0.29, 0.717) is 10.8 Å². The molecule has 2 aromatic rings. The molecule has 1 fully saturated rings. The van der Waals surface area contributed by atoms with E-state index in [0.717, 1.165) is 34.8 Å². The molecule has 0 aliphatic carbocycles. The molecule has 1 aliphatic rings. The van der Waals surface area contributed by atoms with Gasteiger partial charge in [0.05, 0.1) is 15.6 Å². The molecule has 2 N–H and O–H groups in total. The van der Waals surface area contributed by atoms with Crippen LogP contribution in [0.15, 0.2) is 21.7 Å². The summed E-state index contributed by atoms with van der Waals surface area (Å²) < 4.78 is 28.0. The Morgan fingerprint density at radius 3 is 2.83 bits per heavy atom. The molecule has 0 saturated carbocycles. The van der Waals surface area contributed by atoms with Gasteiger partial charge < -0.3 is 5.73 Å². The maximum absolute atomic E-state index is 13.0. The van der Waals surface area contributed by atoms with Crippen LogP contribution in [0.2, 0.25) is 0 Å². The predicted octanol–water partition coefficient (Wildman–Crippen LogP) is 3.07. The highest BCUT2D eigenvalue weighted by atomic mass is 32.2. The van der Waals surface area contributed by atoms with Crippen molar-refractivity contribution < 1.29 is 8.42 Å². The lowest BCUT2D eigenvalue weighted by Crippen LogP contribution is -2.51. The standard InChI is InChI=1S/C15H21N3O2S3/c1-10(16)13-5-3-4-8-18(13)23(19,20)15-7-6-14(22-15)12-9-21-11(2)17-12/h6-7,9-10,13H,3-5,8,16H2,1-2H3. The van der Waals surface area contributed by atoms with Gasteiger partial charge in [-0.2, -0.15) is 4.31 Å². The molecule has 0 spiro atoms. The van der Waals surface area contributed by atoms with Gasteiger partial charge in [0.2, 0.25) is 0 Å². The molecule has 0 radical (unpaired) electrons. The van der Waals surface area contributed by atoms with Crippen molar-refractivity contribution in [2.75, 3.05) is 6.54 Å². The van der Waals surface area contributed by atoms with Crippen molar-refractivity contribution >= 4 is 32.7 Å². The van der Waals surface area contributed by atoms with Crippen LogP contribution in [0.3, 0.4) is 0 Å². The van der Waals surface area contributed by atoms with Crippen molar-refractivity contribution in [3.8, 4) is 10.6 Å². The van der Waals surface area contributed by atoms with Crippen LogP contribution in [0.1, 0.15) is 31.2 Å². The van der Waals surface area contributed by atoms with Gasteiger partial charge in [0.1, 0.15) is 4.21 Å². The normalized spacial score (nSPS) is 21.4. The van der Waals surface area contributed by atoms with Crippen molar-refractivity contribution in [3.63, 3.8) is 0 Å². The molecule has 2 atom stereocenters. The third-order valence-corrected chi connectivity index (χ3v) is 8.39. The van der Waals surface area contributed by atoms with Crippen molar-refractivity contribution in [1.82, 2.24) is 9.29 Å². The van der Waals surface area contributed by atoms with Gasteiger partial charge >= 0.3 is 0 Å². The molecule has 126 valence electrons. The predicted molar refractivity (Wildman–Crippen MR) is 95.3 cm³/mol. The van der Waals surface area contributed by atoms with Crippen LogP contribution in [-0.4, -0.2) is 36.3 Å². The molecule has 5 nitrogen and oxygen atoms in total. The van der Waals surface area contributed by atoms with Crippen molar-refractivity contribution in [2.24, 2.45) is 5.73 Å². The van der Waals surface area contributed by atoms with Gasteiger partial charge in [-0.25, -0.2) is 13.4 Å². The highest BCUT2D eigenvalue weighted by molar-refractivity contribution is 7.91. The quantitative estimate of drug-likeness (QED) is 0.896. The van der Waals surface area contributed by atoms with Gasteiger partial charge in [0, 0.05) is 24.0 Å². The minimum absolute atomic E-state index is 0.110. The summed E-state index contributed by atoms with van der Waals surface area (Å²) >= 11 is 2.85. The fourth-order valence-electron chi connectivity index (χ4n) is 2.94. The summed E-state index contributed by atoms with van der Waals surface area (Å²) in [5.74, 6) is 0. The number of aryl methyl sites for hydroxylation is 1. The largest absolute Gasteiger partial charge is 0.326 e. The number of hydrogen-bond donors (Lipinski definition) is 1. The molecule has 0 bridgehead atoms. The smallest absolute Gasteiger partial charge is 0.252 e. The first-order valence-corrected chi connectivity index (χ1v) is 10.8. The maximum atomic E-state index is 13.0. The van der Waals surface area contributed by atoms with Crippen LogP contribution < -0.4 is 5.73 Å². The maximum Gasteiger partial charge on any atom is 0.252 e. The summed E-state index contributed by atoms with van der Waals surface area (Å²) in [6.07, 6.45) is 2.76. The van der Waals surface area contributed by atoms with Crippen LogP contribution in [0.5, 0.6) is 0 Å². The molecule has 3 rings (SSSR count). The van der Waals surface area contributed by atoms with E-state index >= 15 is 0 Å². The van der Waals surface area contributed by atoms with Gasteiger partial charge in [-0.15, -0.1) is 22.7 Å². The number of aromatic nitrogens is 1. The molecular weight excluding hydrogens is 350 g/mol. The van der Waals surface area contributed by atoms with E-state index < -0.39 is 10.0 Å². The second-order valence-corrected chi connectivity index (χ2v) is 10.2. The van der Waals surface area contributed by atoms with Crippen LogP contribution in [0.4, 0.5) is 0 Å². The number of thiophene rings is 1. The Morgan fingerprint density at radius 1 is 1.39 bits per heavy atom. The molecule has 8 heteroatoms.